The molecule has 0 N–H and O–H groups in total. The first-order chi connectivity index (χ1) is 14.1. The van der Waals surface area contributed by atoms with Gasteiger partial charge in [-0.3, -0.25) is 14.7 Å². The SMILES string of the molecule is CC(C)c1ocnc1CN1CCC(Cn2nc(-c3ccncc3)ccc2=O)CC1. The molecule has 7 heteroatoms. The topological polar surface area (TPSA) is 77.1 Å². The van der Waals surface area contributed by atoms with Crippen LogP contribution in [0.2, 0.25) is 0 Å². The second-order valence-corrected chi connectivity index (χ2v) is 8.01. The summed E-state index contributed by atoms with van der Waals surface area (Å²) in [6, 6.07) is 7.20. The highest BCUT2D eigenvalue weighted by atomic mass is 16.3. The fraction of sp³-hybridized carbons (Fsp3) is 0.455. The summed E-state index contributed by atoms with van der Waals surface area (Å²) in [6.45, 7) is 7.73. The maximum Gasteiger partial charge on any atom is 0.266 e. The molecule has 1 aliphatic rings. The Bertz CT molecular complexity index is 988. The molecule has 0 amide bonds. The van der Waals surface area contributed by atoms with Crippen LogP contribution in [0.3, 0.4) is 0 Å². The van der Waals surface area contributed by atoms with Gasteiger partial charge < -0.3 is 4.42 Å². The predicted molar refractivity (Wildman–Crippen MR) is 110 cm³/mol. The van der Waals surface area contributed by atoms with Crippen molar-refractivity contribution in [3.8, 4) is 11.3 Å². The number of aromatic nitrogens is 4. The van der Waals surface area contributed by atoms with E-state index in [-0.39, 0.29) is 5.56 Å². The molecule has 0 aromatic carbocycles. The zero-order valence-electron chi connectivity index (χ0n) is 17.0. The van der Waals surface area contributed by atoms with Gasteiger partial charge >= 0.3 is 0 Å². The molecule has 1 saturated heterocycles. The number of hydrogen-bond donors (Lipinski definition) is 0. The van der Waals surface area contributed by atoms with E-state index in [0.717, 1.165) is 55.2 Å². The third-order valence-electron chi connectivity index (χ3n) is 5.55. The molecule has 3 aromatic rings. The quantitative estimate of drug-likeness (QED) is 0.639. The van der Waals surface area contributed by atoms with Gasteiger partial charge in [-0.05, 0) is 50.0 Å². The molecule has 0 bridgehead atoms. The van der Waals surface area contributed by atoms with Gasteiger partial charge in [-0.25, -0.2) is 9.67 Å². The van der Waals surface area contributed by atoms with Crippen LogP contribution in [0.4, 0.5) is 0 Å². The Morgan fingerprint density at radius 2 is 1.90 bits per heavy atom. The lowest BCUT2D eigenvalue weighted by Gasteiger charge is -2.31. The number of piperidine rings is 1. The highest BCUT2D eigenvalue weighted by Crippen LogP contribution is 2.24. The van der Waals surface area contributed by atoms with E-state index in [9.17, 15) is 4.79 Å². The van der Waals surface area contributed by atoms with Gasteiger partial charge in [0.25, 0.3) is 5.56 Å². The molecule has 1 fully saturated rings. The highest BCUT2D eigenvalue weighted by Gasteiger charge is 2.23. The second-order valence-electron chi connectivity index (χ2n) is 8.01. The zero-order chi connectivity index (χ0) is 20.2. The van der Waals surface area contributed by atoms with Crippen LogP contribution < -0.4 is 5.56 Å². The lowest BCUT2D eigenvalue weighted by Crippen LogP contribution is -2.36. The molecule has 4 rings (SSSR count). The van der Waals surface area contributed by atoms with E-state index in [1.165, 1.54) is 0 Å². The molecule has 1 aliphatic heterocycles. The van der Waals surface area contributed by atoms with Crippen molar-refractivity contribution in [3.63, 3.8) is 0 Å². The van der Waals surface area contributed by atoms with E-state index in [2.05, 4.69) is 33.8 Å². The third-order valence-corrected chi connectivity index (χ3v) is 5.55. The van der Waals surface area contributed by atoms with E-state index in [1.54, 1.807) is 35.6 Å². The van der Waals surface area contributed by atoms with Crippen LogP contribution in [0.15, 0.2) is 52.3 Å². The summed E-state index contributed by atoms with van der Waals surface area (Å²) in [6.07, 6.45) is 7.11. The minimum Gasteiger partial charge on any atom is -0.448 e. The Kier molecular flexibility index (Phi) is 5.85. The molecule has 0 spiro atoms. The Hall–Kier alpha value is -2.80. The lowest BCUT2D eigenvalue weighted by atomic mass is 9.96. The van der Waals surface area contributed by atoms with Crippen LogP contribution in [-0.2, 0) is 13.1 Å². The normalized spacial score (nSPS) is 15.8. The summed E-state index contributed by atoms with van der Waals surface area (Å²) in [7, 11) is 0. The van der Waals surface area contributed by atoms with Gasteiger partial charge in [0, 0.05) is 43.0 Å². The van der Waals surface area contributed by atoms with Crippen molar-refractivity contribution in [2.24, 2.45) is 5.92 Å². The van der Waals surface area contributed by atoms with Crippen LogP contribution in [0.5, 0.6) is 0 Å². The molecule has 3 aromatic heterocycles. The summed E-state index contributed by atoms with van der Waals surface area (Å²) < 4.78 is 7.16. The Morgan fingerprint density at radius 1 is 1.14 bits per heavy atom. The predicted octanol–water partition coefficient (Wildman–Crippen LogP) is 3.33. The van der Waals surface area contributed by atoms with E-state index in [4.69, 9.17) is 4.42 Å². The molecule has 0 aliphatic carbocycles. The van der Waals surface area contributed by atoms with Crippen LogP contribution in [0.1, 0.15) is 44.1 Å². The molecule has 29 heavy (non-hydrogen) atoms. The first-order valence-electron chi connectivity index (χ1n) is 10.2. The van der Waals surface area contributed by atoms with Crippen molar-refractivity contribution in [3.05, 3.63) is 64.9 Å². The number of pyridine rings is 1. The summed E-state index contributed by atoms with van der Waals surface area (Å²) in [5.74, 6) is 1.78. The van der Waals surface area contributed by atoms with Crippen LogP contribution in [-0.4, -0.2) is 37.7 Å². The standard InChI is InChI=1S/C22H27N5O2/c1-16(2)22-20(24-15-29-22)14-26-11-7-17(8-12-26)13-27-21(28)4-3-19(25-27)18-5-9-23-10-6-18/h3-6,9-10,15-17H,7-8,11-14H2,1-2H3. The van der Waals surface area contributed by atoms with Crippen molar-refractivity contribution >= 4 is 0 Å². The maximum atomic E-state index is 12.3. The molecule has 0 radical (unpaired) electrons. The molecule has 4 heterocycles. The van der Waals surface area contributed by atoms with Crippen LogP contribution >= 0.6 is 0 Å². The van der Waals surface area contributed by atoms with Gasteiger partial charge in [-0.2, -0.15) is 5.10 Å². The zero-order valence-corrected chi connectivity index (χ0v) is 17.0. The molecule has 0 unspecified atom stereocenters. The second kappa shape index (κ2) is 8.69. The monoisotopic (exact) mass is 393 g/mol. The van der Waals surface area contributed by atoms with Crippen molar-refractivity contribution in [2.45, 2.75) is 45.7 Å². The Morgan fingerprint density at radius 3 is 2.62 bits per heavy atom. The van der Waals surface area contributed by atoms with Crippen molar-refractivity contribution < 1.29 is 4.42 Å². The van der Waals surface area contributed by atoms with Crippen molar-refractivity contribution in [1.82, 2.24) is 24.6 Å². The fourth-order valence-corrected chi connectivity index (χ4v) is 3.91. The minimum absolute atomic E-state index is 0.0468. The first-order valence-corrected chi connectivity index (χ1v) is 10.2. The number of likely N-dealkylation sites (tertiary alicyclic amines) is 1. The summed E-state index contributed by atoms with van der Waals surface area (Å²) in [5, 5.41) is 4.59. The molecule has 7 nitrogen and oxygen atoms in total. The van der Waals surface area contributed by atoms with Crippen molar-refractivity contribution in [2.75, 3.05) is 13.1 Å². The molecule has 0 saturated carbocycles. The van der Waals surface area contributed by atoms with Gasteiger partial charge in [0.2, 0.25) is 0 Å². The van der Waals surface area contributed by atoms with E-state index in [0.29, 0.717) is 18.4 Å². The van der Waals surface area contributed by atoms with Gasteiger partial charge in [0.1, 0.15) is 5.76 Å². The number of rotatable bonds is 6. The fourth-order valence-electron chi connectivity index (χ4n) is 3.91. The Labute approximate surface area is 170 Å². The van der Waals surface area contributed by atoms with E-state index < -0.39 is 0 Å². The minimum atomic E-state index is -0.0468. The largest absolute Gasteiger partial charge is 0.448 e. The van der Waals surface area contributed by atoms with Gasteiger partial charge in [0.15, 0.2) is 6.39 Å². The van der Waals surface area contributed by atoms with Gasteiger partial charge in [0.05, 0.1) is 11.4 Å². The Balaban J connectivity index is 1.37. The molecular formula is C22H27N5O2. The molecule has 152 valence electrons. The first kappa shape index (κ1) is 19.5. The molecule has 0 atom stereocenters. The van der Waals surface area contributed by atoms with E-state index >= 15 is 0 Å². The van der Waals surface area contributed by atoms with Crippen LogP contribution in [0, 0.1) is 5.92 Å². The summed E-state index contributed by atoms with van der Waals surface area (Å²) in [5.41, 5.74) is 2.77. The average Bonchev–Trinajstić information content (AvgIpc) is 3.20. The number of oxazole rings is 1. The smallest absolute Gasteiger partial charge is 0.266 e. The summed E-state index contributed by atoms with van der Waals surface area (Å²) in [4.78, 5) is 23.2. The van der Waals surface area contributed by atoms with Crippen LogP contribution in [0.25, 0.3) is 11.3 Å². The summed E-state index contributed by atoms with van der Waals surface area (Å²) >= 11 is 0. The third kappa shape index (κ3) is 4.62. The van der Waals surface area contributed by atoms with E-state index in [1.807, 2.05) is 12.1 Å². The van der Waals surface area contributed by atoms with Gasteiger partial charge in [-0.1, -0.05) is 13.8 Å². The number of hydrogen-bond acceptors (Lipinski definition) is 6. The lowest BCUT2D eigenvalue weighted by molar-refractivity contribution is 0.161. The highest BCUT2D eigenvalue weighted by molar-refractivity contribution is 5.56. The van der Waals surface area contributed by atoms with Crippen molar-refractivity contribution in [1.29, 1.82) is 0 Å². The molecular weight excluding hydrogens is 366 g/mol. The maximum absolute atomic E-state index is 12.3. The average molecular weight is 393 g/mol. The van der Waals surface area contributed by atoms with Gasteiger partial charge in [-0.15, -0.1) is 0 Å². The number of nitrogens with zero attached hydrogens (tertiary/aromatic N) is 5.